The van der Waals surface area contributed by atoms with Crippen molar-refractivity contribution in [1.82, 2.24) is 0 Å². The number of aliphatic hydroxyl groups is 1. The van der Waals surface area contributed by atoms with Crippen molar-refractivity contribution in [2.75, 3.05) is 11.5 Å². The molecule has 33 heavy (non-hydrogen) atoms. The highest BCUT2D eigenvalue weighted by Gasteiger charge is 2.48. The van der Waals surface area contributed by atoms with Crippen LogP contribution in [0.2, 0.25) is 0 Å². The van der Waals surface area contributed by atoms with E-state index in [4.69, 9.17) is 9.15 Å². The molecule has 6 nitrogen and oxygen atoms in total. The summed E-state index contributed by atoms with van der Waals surface area (Å²) in [6.45, 7) is 2.15. The monoisotopic (exact) mass is 457 g/mol. The topological polar surface area (TPSA) is 80.0 Å². The number of halogens is 3. The van der Waals surface area contributed by atoms with E-state index in [0.29, 0.717) is 12.4 Å². The molecular formula is C24H18F3NO5. The van der Waals surface area contributed by atoms with Gasteiger partial charge in [-0.25, -0.2) is 0 Å². The average Bonchev–Trinajstić information content (AvgIpc) is 3.40. The smallest absolute Gasteiger partial charge is 0.416 e. The molecule has 1 atom stereocenters. The summed E-state index contributed by atoms with van der Waals surface area (Å²) in [6.07, 6.45) is -3.35. The van der Waals surface area contributed by atoms with E-state index in [1.807, 2.05) is 0 Å². The summed E-state index contributed by atoms with van der Waals surface area (Å²) in [7, 11) is 0. The summed E-state index contributed by atoms with van der Waals surface area (Å²) in [6, 6.07) is 12.1. The summed E-state index contributed by atoms with van der Waals surface area (Å²) in [4.78, 5) is 26.9. The minimum atomic E-state index is -4.65. The largest absolute Gasteiger partial charge is 0.507 e. The third-order valence-corrected chi connectivity index (χ3v) is 5.13. The Kier molecular flexibility index (Phi) is 5.71. The third-order valence-electron chi connectivity index (χ3n) is 5.13. The van der Waals surface area contributed by atoms with Crippen molar-refractivity contribution in [3.8, 4) is 5.75 Å². The van der Waals surface area contributed by atoms with Crippen LogP contribution in [0.5, 0.6) is 5.75 Å². The molecule has 0 saturated carbocycles. The first-order valence-electron chi connectivity index (χ1n) is 9.97. The fourth-order valence-corrected chi connectivity index (χ4v) is 3.70. The van der Waals surface area contributed by atoms with E-state index in [1.54, 1.807) is 19.1 Å². The number of hydrogen-bond donors (Lipinski definition) is 1. The molecule has 4 rings (SSSR count). The van der Waals surface area contributed by atoms with Crippen LogP contribution in [0, 0.1) is 0 Å². The van der Waals surface area contributed by atoms with Crippen molar-refractivity contribution in [3.63, 3.8) is 0 Å². The highest BCUT2D eigenvalue weighted by molar-refractivity contribution is 6.51. The summed E-state index contributed by atoms with van der Waals surface area (Å²) >= 11 is 0. The van der Waals surface area contributed by atoms with Gasteiger partial charge in [-0.05, 0) is 49.4 Å². The van der Waals surface area contributed by atoms with Gasteiger partial charge in [-0.3, -0.25) is 14.5 Å². The molecule has 0 spiro atoms. The third kappa shape index (κ3) is 4.09. The van der Waals surface area contributed by atoms with Crippen molar-refractivity contribution in [2.24, 2.45) is 0 Å². The van der Waals surface area contributed by atoms with Gasteiger partial charge in [0.15, 0.2) is 0 Å². The number of rotatable bonds is 5. The summed E-state index contributed by atoms with van der Waals surface area (Å²) < 4.78 is 50.7. The molecule has 1 aliphatic rings. The molecule has 1 fully saturated rings. The number of alkyl halides is 3. The van der Waals surface area contributed by atoms with Crippen molar-refractivity contribution in [2.45, 2.75) is 19.1 Å². The number of furan rings is 1. The first-order valence-corrected chi connectivity index (χ1v) is 9.97. The Labute approximate surface area is 186 Å². The van der Waals surface area contributed by atoms with E-state index in [9.17, 15) is 27.9 Å². The zero-order valence-electron chi connectivity index (χ0n) is 17.3. The van der Waals surface area contributed by atoms with Crippen molar-refractivity contribution in [3.05, 3.63) is 89.4 Å². The minimum absolute atomic E-state index is 0.106. The minimum Gasteiger partial charge on any atom is -0.507 e. The van der Waals surface area contributed by atoms with Crippen LogP contribution in [0.1, 0.15) is 29.9 Å². The number of aliphatic hydroxyl groups excluding tert-OH is 1. The van der Waals surface area contributed by atoms with Crippen LogP contribution >= 0.6 is 0 Å². The lowest BCUT2D eigenvalue weighted by Crippen LogP contribution is -2.29. The quantitative estimate of drug-likeness (QED) is 0.319. The molecule has 2 aromatic carbocycles. The number of carbonyl (C=O) groups is 2. The van der Waals surface area contributed by atoms with Crippen molar-refractivity contribution < 1.29 is 37.0 Å². The second-order valence-electron chi connectivity index (χ2n) is 7.19. The molecule has 1 unspecified atom stereocenters. The highest BCUT2D eigenvalue weighted by Crippen LogP contribution is 2.43. The van der Waals surface area contributed by atoms with E-state index >= 15 is 0 Å². The maximum Gasteiger partial charge on any atom is 0.416 e. The van der Waals surface area contributed by atoms with Gasteiger partial charge < -0.3 is 14.3 Å². The van der Waals surface area contributed by atoms with Gasteiger partial charge in [-0.1, -0.05) is 18.2 Å². The Morgan fingerprint density at radius 3 is 2.52 bits per heavy atom. The molecular weight excluding hydrogens is 439 g/mol. The predicted octanol–water partition coefficient (Wildman–Crippen LogP) is 5.32. The Morgan fingerprint density at radius 2 is 1.85 bits per heavy atom. The number of ketones is 1. The standard InChI is InChI=1S/C24H18F3NO5/c1-2-32-17-9-3-6-14(12-17)21(29)19-20(18-10-5-11-33-18)28(23(31)22(19)30)16-8-4-7-15(13-16)24(25,26)27/h3-13,20,29H,2H2,1H3/b21-19-. The summed E-state index contributed by atoms with van der Waals surface area (Å²) in [5, 5.41) is 11.0. The molecule has 9 heteroatoms. The Bertz CT molecular complexity index is 1230. The Balaban J connectivity index is 1.89. The number of nitrogens with zero attached hydrogens (tertiary/aromatic N) is 1. The van der Waals surface area contributed by atoms with Gasteiger partial charge in [0.1, 0.15) is 23.3 Å². The zero-order chi connectivity index (χ0) is 23.8. The maximum atomic E-state index is 13.3. The van der Waals surface area contributed by atoms with Crippen molar-refractivity contribution >= 4 is 23.1 Å². The number of hydrogen-bond acceptors (Lipinski definition) is 5. The predicted molar refractivity (Wildman–Crippen MR) is 113 cm³/mol. The lowest BCUT2D eigenvalue weighted by atomic mass is 9.99. The molecule has 1 aliphatic heterocycles. The van der Waals surface area contributed by atoms with E-state index in [-0.39, 0.29) is 22.6 Å². The van der Waals surface area contributed by atoms with E-state index in [1.165, 1.54) is 36.6 Å². The number of benzene rings is 2. The number of ether oxygens (including phenoxy) is 1. The van der Waals surface area contributed by atoms with Crippen LogP contribution in [-0.4, -0.2) is 23.4 Å². The number of Topliss-reactive ketones (excluding diaryl/α,β-unsaturated/α-hetero) is 1. The summed E-state index contributed by atoms with van der Waals surface area (Å²) in [5.41, 5.74) is -1.24. The van der Waals surface area contributed by atoms with Crippen LogP contribution in [0.4, 0.5) is 18.9 Å². The van der Waals surface area contributed by atoms with Gasteiger partial charge in [0, 0.05) is 11.3 Å². The van der Waals surface area contributed by atoms with E-state index in [0.717, 1.165) is 23.1 Å². The number of amides is 1. The molecule has 0 bridgehead atoms. The molecule has 3 aromatic rings. The molecule has 1 amide bonds. The van der Waals surface area contributed by atoms with Gasteiger partial charge in [0.05, 0.1) is 24.0 Å². The van der Waals surface area contributed by atoms with Crippen molar-refractivity contribution in [1.29, 1.82) is 0 Å². The van der Waals surface area contributed by atoms with Crippen LogP contribution < -0.4 is 9.64 Å². The second-order valence-corrected chi connectivity index (χ2v) is 7.19. The highest BCUT2D eigenvalue weighted by atomic mass is 19.4. The SMILES string of the molecule is CCOc1cccc(/C(O)=C2/C(=O)C(=O)N(c3cccc(C(F)(F)F)c3)C2c2ccco2)c1. The lowest BCUT2D eigenvalue weighted by Gasteiger charge is -2.24. The molecule has 170 valence electrons. The van der Waals surface area contributed by atoms with E-state index in [2.05, 4.69) is 0 Å². The first kappa shape index (κ1) is 22.2. The Morgan fingerprint density at radius 1 is 1.09 bits per heavy atom. The molecule has 0 aliphatic carbocycles. The van der Waals surface area contributed by atoms with Gasteiger partial charge >= 0.3 is 6.18 Å². The Hall–Kier alpha value is -4.01. The van der Waals surface area contributed by atoms with E-state index < -0.39 is 35.2 Å². The van der Waals surface area contributed by atoms with Crippen LogP contribution in [0.25, 0.3) is 5.76 Å². The molecule has 1 aromatic heterocycles. The molecule has 2 heterocycles. The lowest BCUT2D eigenvalue weighted by molar-refractivity contribution is -0.137. The van der Waals surface area contributed by atoms with Gasteiger partial charge in [0.2, 0.25) is 0 Å². The van der Waals surface area contributed by atoms with Crippen LogP contribution in [-0.2, 0) is 15.8 Å². The number of anilines is 1. The normalized spacial score (nSPS) is 18.1. The van der Waals surface area contributed by atoms with Crippen LogP contribution in [0.3, 0.4) is 0 Å². The molecule has 0 radical (unpaired) electrons. The van der Waals surface area contributed by atoms with Gasteiger partial charge in [0.25, 0.3) is 11.7 Å². The van der Waals surface area contributed by atoms with Gasteiger partial charge in [-0.15, -0.1) is 0 Å². The second kappa shape index (κ2) is 8.50. The van der Waals surface area contributed by atoms with Gasteiger partial charge in [-0.2, -0.15) is 13.2 Å². The molecule has 1 N–H and O–H groups in total. The molecule has 1 saturated heterocycles. The maximum absolute atomic E-state index is 13.3. The van der Waals surface area contributed by atoms with Crippen LogP contribution in [0.15, 0.2) is 76.9 Å². The summed E-state index contributed by atoms with van der Waals surface area (Å²) in [5.74, 6) is -2.09. The first-order chi connectivity index (χ1) is 15.7. The number of carbonyl (C=O) groups excluding carboxylic acids is 2. The fourth-order valence-electron chi connectivity index (χ4n) is 3.70. The fraction of sp³-hybridized carbons (Fsp3) is 0.167. The average molecular weight is 457 g/mol. The zero-order valence-corrected chi connectivity index (χ0v) is 17.3.